The summed E-state index contributed by atoms with van der Waals surface area (Å²) in [6.45, 7) is 2.34. The van der Waals surface area contributed by atoms with E-state index in [0.717, 1.165) is 24.3 Å². The minimum atomic E-state index is -4.45. The van der Waals surface area contributed by atoms with Gasteiger partial charge in [0.2, 0.25) is 0 Å². The van der Waals surface area contributed by atoms with Gasteiger partial charge < -0.3 is 10.0 Å². The van der Waals surface area contributed by atoms with Gasteiger partial charge >= 0.3 is 12.1 Å². The summed E-state index contributed by atoms with van der Waals surface area (Å²) >= 11 is 0. The molecule has 1 heterocycles. The molecule has 2 unspecified atom stereocenters. The predicted molar refractivity (Wildman–Crippen MR) is 72.3 cm³/mol. The molecule has 1 amide bonds. The van der Waals surface area contributed by atoms with Crippen LogP contribution in [0.2, 0.25) is 0 Å². The summed E-state index contributed by atoms with van der Waals surface area (Å²) in [5.41, 5.74) is -0.689. The first-order valence-electron chi connectivity index (χ1n) is 6.88. The summed E-state index contributed by atoms with van der Waals surface area (Å²) in [6, 6.07) is 3.96. The van der Waals surface area contributed by atoms with Gasteiger partial charge in [0.15, 0.2) is 0 Å². The van der Waals surface area contributed by atoms with Crippen molar-refractivity contribution in [3.63, 3.8) is 0 Å². The quantitative estimate of drug-likeness (QED) is 0.913. The smallest absolute Gasteiger partial charge is 0.416 e. The standard InChI is InChI=1S/C15H16F3NO3/c1-9-6-11(14(21)22)8-19(7-9)13(20)10-2-4-12(5-3-10)15(16,17)18/h2-5,9,11H,6-8H2,1H3,(H,21,22). The van der Waals surface area contributed by atoms with Crippen molar-refractivity contribution in [2.45, 2.75) is 19.5 Å². The van der Waals surface area contributed by atoms with Crippen LogP contribution >= 0.6 is 0 Å². The second-order valence-electron chi connectivity index (χ2n) is 5.66. The molecule has 4 nitrogen and oxygen atoms in total. The highest BCUT2D eigenvalue weighted by atomic mass is 19.4. The third-order valence-electron chi connectivity index (χ3n) is 3.76. The van der Waals surface area contributed by atoms with Crippen molar-refractivity contribution in [1.82, 2.24) is 4.90 Å². The van der Waals surface area contributed by atoms with Crippen LogP contribution in [0.15, 0.2) is 24.3 Å². The van der Waals surface area contributed by atoms with Crippen LogP contribution in [-0.2, 0) is 11.0 Å². The second kappa shape index (κ2) is 5.98. The van der Waals surface area contributed by atoms with Crippen molar-refractivity contribution in [3.8, 4) is 0 Å². The first-order chi connectivity index (χ1) is 10.2. The van der Waals surface area contributed by atoms with E-state index in [2.05, 4.69) is 0 Å². The molecule has 2 rings (SSSR count). The molecule has 120 valence electrons. The van der Waals surface area contributed by atoms with Gasteiger partial charge in [0.05, 0.1) is 11.5 Å². The number of aliphatic carboxylic acids is 1. The van der Waals surface area contributed by atoms with Gasteiger partial charge in [-0.3, -0.25) is 9.59 Å². The normalized spacial score (nSPS) is 22.5. The molecule has 0 aliphatic carbocycles. The molecule has 0 radical (unpaired) electrons. The minimum Gasteiger partial charge on any atom is -0.481 e. The number of rotatable bonds is 2. The summed E-state index contributed by atoms with van der Waals surface area (Å²) < 4.78 is 37.5. The van der Waals surface area contributed by atoms with Gasteiger partial charge in [-0.25, -0.2) is 0 Å². The molecule has 0 saturated carbocycles. The van der Waals surface area contributed by atoms with Crippen molar-refractivity contribution in [1.29, 1.82) is 0 Å². The zero-order chi connectivity index (χ0) is 16.5. The Morgan fingerprint density at radius 3 is 2.27 bits per heavy atom. The largest absolute Gasteiger partial charge is 0.481 e. The fourth-order valence-corrected chi connectivity index (χ4v) is 2.68. The molecule has 7 heteroatoms. The molecule has 1 aliphatic heterocycles. The highest BCUT2D eigenvalue weighted by molar-refractivity contribution is 5.94. The van der Waals surface area contributed by atoms with Crippen molar-refractivity contribution in [2.75, 3.05) is 13.1 Å². The molecule has 1 fully saturated rings. The van der Waals surface area contributed by atoms with E-state index in [0.29, 0.717) is 13.0 Å². The van der Waals surface area contributed by atoms with Crippen LogP contribution in [0.25, 0.3) is 0 Å². The highest BCUT2D eigenvalue weighted by Crippen LogP contribution is 2.29. The number of carboxylic acids is 1. The number of hydrogen-bond acceptors (Lipinski definition) is 2. The number of benzene rings is 1. The second-order valence-corrected chi connectivity index (χ2v) is 5.66. The van der Waals surface area contributed by atoms with Crippen molar-refractivity contribution < 1.29 is 27.9 Å². The fourth-order valence-electron chi connectivity index (χ4n) is 2.68. The zero-order valence-corrected chi connectivity index (χ0v) is 11.9. The van der Waals surface area contributed by atoms with E-state index in [1.54, 1.807) is 0 Å². The van der Waals surface area contributed by atoms with Gasteiger partial charge in [-0.05, 0) is 36.6 Å². The summed E-state index contributed by atoms with van der Waals surface area (Å²) in [6.07, 6.45) is -3.96. The number of carboxylic acid groups (broad SMARTS) is 1. The molecule has 1 aromatic rings. The number of likely N-dealkylation sites (tertiary alicyclic amines) is 1. The number of carbonyl (C=O) groups excluding carboxylic acids is 1. The molecule has 0 bridgehead atoms. The number of nitrogens with zero attached hydrogens (tertiary/aromatic N) is 1. The van der Waals surface area contributed by atoms with Gasteiger partial charge in [-0.2, -0.15) is 13.2 Å². The molecule has 0 spiro atoms. The molecule has 22 heavy (non-hydrogen) atoms. The number of carbonyl (C=O) groups is 2. The summed E-state index contributed by atoms with van der Waals surface area (Å²) in [5.74, 6) is -2.00. The van der Waals surface area contributed by atoms with Gasteiger partial charge in [0.25, 0.3) is 5.91 Å². The number of alkyl halides is 3. The number of halogens is 3. The Morgan fingerprint density at radius 2 is 1.77 bits per heavy atom. The lowest BCUT2D eigenvalue weighted by atomic mass is 9.90. The van der Waals surface area contributed by atoms with E-state index in [4.69, 9.17) is 5.11 Å². The average Bonchev–Trinajstić information content (AvgIpc) is 2.45. The van der Waals surface area contributed by atoms with Gasteiger partial charge in [-0.1, -0.05) is 6.92 Å². The van der Waals surface area contributed by atoms with Crippen LogP contribution in [-0.4, -0.2) is 35.0 Å². The van der Waals surface area contributed by atoms with E-state index < -0.39 is 29.5 Å². The zero-order valence-electron chi connectivity index (χ0n) is 11.9. The Kier molecular flexibility index (Phi) is 4.44. The maximum atomic E-state index is 12.5. The molecular weight excluding hydrogens is 299 g/mol. The third kappa shape index (κ3) is 3.58. The Labute approximate surface area is 125 Å². The summed E-state index contributed by atoms with van der Waals surface area (Å²) in [5, 5.41) is 9.09. The third-order valence-corrected chi connectivity index (χ3v) is 3.76. The van der Waals surface area contributed by atoms with E-state index in [1.807, 2.05) is 6.92 Å². The Hall–Kier alpha value is -2.05. The first-order valence-corrected chi connectivity index (χ1v) is 6.88. The van der Waals surface area contributed by atoms with Crippen LogP contribution < -0.4 is 0 Å². The fraction of sp³-hybridized carbons (Fsp3) is 0.467. The highest BCUT2D eigenvalue weighted by Gasteiger charge is 2.33. The van der Waals surface area contributed by atoms with Crippen LogP contribution in [0, 0.1) is 11.8 Å². The molecular formula is C15H16F3NO3. The predicted octanol–water partition coefficient (Wildman–Crippen LogP) is 2.89. The Balaban J connectivity index is 2.15. The van der Waals surface area contributed by atoms with Crippen molar-refractivity contribution in [2.24, 2.45) is 11.8 Å². The van der Waals surface area contributed by atoms with Crippen molar-refractivity contribution >= 4 is 11.9 Å². The van der Waals surface area contributed by atoms with Gasteiger partial charge in [0.1, 0.15) is 0 Å². The molecule has 1 saturated heterocycles. The lowest BCUT2D eigenvalue weighted by molar-refractivity contribution is -0.144. The maximum absolute atomic E-state index is 12.5. The molecule has 1 N–H and O–H groups in total. The summed E-state index contributed by atoms with van der Waals surface area (Å²) in [7, 11) is 0. The van der Waals surface area contributed by atoms with E-state index >= 15 is 0 Å². The molecule has 1 aliphatic rings. The van der Waals surface area contributed by atoms with Crippen LogP contribution in [0.4, 0.5) is 13.2 Å². The lowest BCUT2D eigenvalue weighted by Gasteiger charge is -2.34. The van der Waals surface area contributed by atoms with Crippen LogP contribution in [0.5, 0.6) is 0 Å². The monoisotopic (exact) mass is 315 g/mol. The van der Waals surface area contributed by atoms with Crippen molar-refractivity contribution in [3.05, 3.63) is 35.4 Å². The molecule has 2 atom stereocenters. The first kappa shape index (κ1) is 16.3. The Bertz CT molecular complexity index is 568. The minimum absolute atomic E-state index is 0.0354. The van der Waals surface area contributed by atoms with E-state index in [-0.39, 0.29) is 18.0 Å². The Morgan fingerprint density at radius 1 is 1.18 bits per heavy atom. The van der Waals surface area contributed by atoms with E-state index in [1.165, 1.54) is 4.90 Å². The molecule has 1 aromatic carbocycles. The topological polar surface area (TPSA) is 57.6 Å². The number of amides is 1. The summed E-state index contributed by atoms with van der Waals surface area (Å²) in [4.78, 5) is 24.8. The van der Waals surface area contributed by atoms with Gasteiger partial charge in [-0.15, -0.1) is 0 Å². The van der Waals surface area contributed by atoms with Crippen LogP contribution in [0.1, 0.15) is 29.3 Å². The SMILES string of the molecule is CC1CC(C(=O)O)CN(C(=O)c2ccc(C(F)(F)F)cc2)C1. The lowest BCUT2D eigenvalue weighted by Crippen LogP contribution is -2.45. The number of hydrogen-bond donors (Lipinski definition) is 1. The number of piperidine rings is 1. The van der Waals surface area contributed by atoms with E-state index in [9.17, 15) is 22.8 Å². The molecule has 0 aromatic heterocycles. The van der Waals surface area contributed by atoms with Crippen LogP contribution in [0.3, 0.4) is 0 Å². The average molecular weight is 315 g/mol. The van der Waals surface area contributed by atoms with Gasteiger partial charge in [0, 0.05) is 18.7 Å². The maximum Gasteiger partial charge on any atom is 0.416 e.